The molecule has 0 saturated heterocycles. The Kier molecular flexibility index (Phi) is 6.86. The SMILES string of the molecule is CCN(CC)S(=O)(=O)c1cc(C(=O)OC(C)C(=O)N2CCc3ccccc3C2)n(C)c1. The van der Waals surface area contributed by atoms with Crippen LogP contribution in [0.25, 0.3) is 0 Å². The Morgan fingerprint density at radius 3 is 2.45 bits per heavy atom. The molecule has 1 aromatic heterocycles. The lowest BCUT2D eigenvalue weighted by Gasteiger charge is -2.30. The Balaban J connectivity index is 1.70. The van der Waals surface area contributed by atoms with E-state index in [2.05, 4.69) is 6.07 Å². The monoisotopic (exact) mass is 447 g/mol. The van der Waals surface area contributed by atoms with Gasteiger partial charge in [0.25, 0.3) is 5.91 Å². The van der Waals surface area contributed by atoms with Gasteiger partial charge in [-0.25, -0.2) is 13.2 Å². The van der Waals surface area contributed by atoms with Gasteiger partial charge in [-0.1, -0.05) is 38.1 Å². The zero-order chi connectivity index (χ0) is 22.8. The van der Waals surface area contributed by atoms with Gasteiger partial charge in [-0.2, -0.15) is 4.31 Å². The fraction of sp³-hybridized carbons (Fsp3) is 0.455. The van der Waals surface area contributed by atoms with E-state index >= 15 is 0 Å². The Labute approximate surface area is 183 Å². The van der Waals surface area contributed by atoms with E-state index in [1.807, 2.05) is 18.2 Å². The van der Waals surface area contributed by atoms with Gasteiger partial charge in [-0.3, -0.25) is 4.79 Å². The first kappa shape index (κ1) is 23.0. The summed E-state index contributed by atoms with van der Waals surface area (Å²) in [5, 5.41) is 0. The molecular formula is C22H29N3O5S. The van der Waals surface area contributed by atoms with Crippen LogP contribution >= 0.6 is 0 Å². The van der Waals surface area contributed by atoms with Gasteiger partial charge >= 0.3 is 5.97 Å². The number of hydrogen-bond donors (Lipinski definition) is 0. The number of fused-ring (bicyclic) bond motifs is 1. The molecule has 0 fully saturated rings. The Bertz CT molecular complexity index is 1070. The van der Waals surface area contributed by atoms with Gasteiger partial charge in [0.2, 0.25) is 10.0 Å². The topological polar surface area (TPSA) is 88.9 Å². The smallest absolute Gasteiger partial charge is 0.355 e. The average Bonchev–Trinajstić information content (AvgIpc) is 3.16. The third kappa shape index (κ3) is 4.67. The number of nitrogens with zero attached hydrogens (tertiary/aromatic N) is 3. The third-order valence-electron chi connectivity index (χ3n) is 5.61. The van der Waals surface area contributed by atoms with Crippen LogP contribution in [0.3, 0.4) is 0 Å². The molecule has 0 N–H and O–H groups in total. The van der Waals surface area contributed by atoms with Gasteiger partial charge in [0.15, 0.2) is 6.10 Å². The molecule has 0 aliphatic carbocycles. The fourth-order valence-corrected chi connectivity index (χ4v) is 5.33. The zero-order valence-corrected chi connectivity index (χ0v) is 19.2. The van der Waals surface area contributed by atoms with Crippen LogP contribution in [0, 0.1) is 0 Å². The normalized spacial score (nSPS) is 14.9. The predicted molar refractivity (Wildman–Crippen MR) is 116 cm³/mol. The zero-order valence-electron chi connectivity index (χ0n) is 18.4. The molecule has 8 nitrogen and oxygen atoms in total. The first-order valence-electron chi connectivity index (χ1n) is 10.4. The number of carbonyl (C=O) groups is 2. The molecule has 0 radical (unpaired) electrons. The van der Waals surface area contributed by atoms with Gasteiger partial charge in [0, 0.05) is 39.4 Å². The molecule has 2 heterocycles. The van der Waals surface area contributed by atoms with Gasteiger partial charge in [-0.15, -0.1) is 0 Å². The number of aromatic nitrogens is 1. The number of sulfonamides is 1. The van der Waals surface area contributed by atoms with Crippen LogP contribution in [0.1, 0.15) is 42.4 Å². The molecule has 1 aromatic carbocycles. The number of benzene rings is 1. The highest BCUT2D eigenvalue weighted by Gasteiger charge is 2.30. The molecule has 1 aliphatic rings. The van der Waals surface area contributed by atoms with Gasteiger partial charge in [0.05, 0.1) is 0 Å². The fourth-order valence-electron chi connectivity index (χ4n) is 3.80. The van der Waals surface area contributed by atoms with Crippen molar-refractivity contribution in [1.29, 1.82) is 0 Å². The van der Waals surface area contributed by atoms with Crippen molar-refractivity contribution >= 4 is 21.9 Å². The summed E-state index contributed by atoms with van der Waals surface area (Å²) in [6, 6.07) is 9.27. The number of amides is 1. The molecule has 0 saturated carbocycles. The average molecular weight is 448 g/mol. The van der Waals surface area contributed by atoms with Crippen LogP contribution in [-0.2, 0) is 39.6 Å². The van der Waals surface area contributed by atoms with E-state index in [1.54, 1.807) is 25.8 Å². The maximum Gasteiger partial charge on any atom is 0.355 e. The van der Waals surface area contributed by atoms with Crippen molar-refractivity contribution in [3.8, 4) is 0 Å². The van der Waals surface area contributed by atoms with E-state index in [1.165, 1.54) is 33.6 Å². The number of rotatable bonds is 7. The van der Waals surface area contributed by atoms with E-state index in [0.717, 1.165) is 12.0 Å². The van der Waals surface area contributed by atoms with Crippen LogP contribution < -0.4 is 0 Å². The molecule has 1 aliphatic heterocycles. The first-order chi connectivity index (χ1) is 14.7. The number of hydrogen-bond acceptors (Lipinski definition) is 5. The standard InChI is InChI=1S/C22H29N3O5S/c1-5-25(6-2)31(28,29)19-13-20(23(4)15-19)22(27)30-16(3)21(26)24-12-11-17-9-7-8-10-18(17)14-24/h7-10,13,15-16H,5-6,11-12,14H2,1-4H3. The van der Waals surface area contributed by atoms with Crippen LogP contribution in [0.4, 0.5) is 0 Å². The minimum atomic E-state index is -3.70. The number of esters is 1. The minimum Gasteiger partial charge on any atom is -0.448 e. The van der Waals surface area contributed by atoms with Crippen molar-refractivity contribution in [2.24, 2.45) is 7.05 Å². The summed E-state index contributed by atoms with van der Waals surface area (Å²) >= 11 is 0. The lowest BCUT2D eigenvalue weighted by atomic mass is 9.99. The molecule has 3 rings (SSSR count). The number of carbonyl (C=O) groups excluding carboxylic acids is 2. The van der Waals surface area contributed by atoms with Crippen molar-refractivity contribution in [1.82, 2.24) is 13.8 Å². The molecule has 1 atom stereocenters. The van der Waals surface area contributed by atoms with E-state index in [4.69, 9.17) is 4.74 Å². The van der Waals surface area contributed by atoms with Crippen LogP contribution in [0.15, 0.2) is 41.4 Å². The predicted octanol–water partition coefficient (Wildman–Crippen LogP) is 2.19. The van der Waals surface area contributed by atoms with E-state index in [9.17, 15) is 18.0 Å². The summed E-state index contributed by atoms with van der Waals surface area (Å²) in [7, 11) is -2.12. The Morgan fingerprint density at radius 2 is 1.81 bits per heavy atom. The summed E-state index contributed by atoms with van der Waals surface area (Å²) in [5.41, 5.74) is 2.39. The van der Waals surface area contributed by atoms with Crippen molar-refractivity contribution < 1.29 is 22.7 Å². The number of ether oxygens (including phenoxy) is 1. The Hall–Kier alpha value is -2.65. The molecular weight excluding hydrogens is 418 g/mol. The second-order valence-corrected chi connectivity index (χ2v) is 9.53. The summed E-state index contributed by atoms with van der Waals surface area (Å²) in [6.07, 6.45) is 1.17. The maximum absolute atomic E-state index is 12.8. The highest BCUT2D eigenvalue weighted by molar-refractivity contribution is 7.89. The molecule has 9 heteroatoms. The largest absolute Gasteiger partial charge is 0.448 e. The van der Waals surface area contributed by atoms with Crippen molar-refractivity contribution in [3.05, 3.63) is 53.3 Å². The van der Waals surface area contributed by atoms with E-state index < -0.39 is 22.1 Å². The molecule has 31 heavy (non-hydrogen) atoms. The van der Waals surface area contributed by atoms with Crippen LogP contribution in [-0.4, -0.2) is 59.8 Å². The van der Waals surface area contributed by atoms with Gasteiger partial charge in [-0.05, 0) is 30.5 Å². The first-order valence-corrected chi connectivity index (χ1v) is 11.9. The van der Waals surface area contributed by atoms with Crippen LogP contribution in [0.5, 0.6) is 0 Å². The summed E-state index contributed by atoms with van der Waals surface area (Å²) in [5.74, 6) is -1.00. The molecule has 0 spiro atoms. The highest BCUT2D eigenvalue weighted by Crippen LogP contribution is 2.21. The molecule has 2 aromatic rings. The van der Waals surface area contributed by atoms with Crippen molar-refractivity contribution in [2.45, 2.75) is 44.7 Å². The van der Waals surface area contributed by atoms with E-state index in [0.29, 0.717) is 26.2 Å². The molecule has 168 valence electrons. The number of aryl methyl sites for hydroxylation is 1. The summed E-state index contributed by atoms with van der Waals surface area (Å²) in [6.45, 7) is 6.76. The summed E-state index contributed by atoms with van der Waals surface area (Å²) < 4.78 is 33.6. The van der Waals surface area contributed by atoms with E-state index in [-0.39, 0.29) is 16.5 Å². The second kappa shape index (κ2) is 9.23. The molecule has 1 amide bonds. The summed E-state index contributed by atoms with van der Waals surface area (Å²) in [4.78, 5) is 27.2. The molecule has 1 unspecified atom stereocenters. The van der Waals surface area contributed by atoms with Crippen molar-refractivity contribution in [2.75, 3.05) is 19.6 Å². The van der Waals surface area contributed by atoms with Crippen molar-refractivity contribution in [3.63, 3.8) is 0 Å². The van der Waals surface area contributed by atoms with Gasteiger partial charge in [0.1, 0.15) is 10.6 Å². The minimum absolute atomic E-state index is 0.0252. The lowest BCUT2D eigenvalue weighted by molar-refractivity contribution is -0.140. The lowest BCUT2D eigenvalue weighted by Crippen LogP contribution is -2.42. The maximum atomic E-state index is 12.8. The Morgan fingerprint density at radius 1 is 1.16 bits per heavy atom. The highest BCUT2D eigenvalue weighted by atomic mass is 32.2. The van der Waals surface area contributed by atoms with Crippen LogP contribution in [0.2, 0.25) is 0 Å². The quantitative estimate of drug-likeness (QED) is 0.607. The third-order valence-corrected chi connectivity index (χ3v) is 7.62. The molecule has 0 bridgehead atoms. The second-order valence-electron chi connectivity index (χ2n) is 7.59. The van der Waals surface area contributed by atoms with Gasteiger partial charge < -0.3 is 14.2 Å².